The number of halogens is 1. The van der Waals surface area contributed by atoms with Crippen LogP contribution in [0.2, 0.25) is 5.02 Å². The van der Waals surface area contributed by atoms with E-state index in [2.05, 4.69) is 15.5 Å². The molecule has 0 bridgehead atoms. The van der Waals surface area contributed by atoms with Crippen LogP contribution in [-0.2, 0) is 6.54 Å². The predicted molar refractivity (Wildman–Crippen MR) is 87.1 cm³/mol. The number of nitrogens with one attached hydrogen (secondary N) is 1. The summed E-state index contributed by atoms with van der Waals surface area (Å²) in [5.74, 6) is -0.288. The van der Waals surface area contributed by atoms with Crippen molar-refractivity contribution in [3.8, 4) is 11.5 Å². The molecule has 3 rings (SSSR count). The first kappa shape index (κ1) is 15.2. The minimum absolute atomic E-state index is 0.0893. The van der Waals surface area contributed by atoms with Gasteiger partial charge < -0.3 is 9.73 Å². The fourth-order valence-corrected chi connectivity index (χ4v) is 2.33. The Morgan fingerprint density at radius 2 is 1.87 bits per heavy atom. The summed E-state index contributed by atoms with van der Waals surface area (Å²) in [5.41, 5.74) is 2.74. The molecule has 23 heavy (non-hydrogen) atoms. The first-order valence-electron chi connectivity index (χ1n) is 7.06. The Kier molecular flexibility index (Phi) is 4.39. The molecule has 1 aromatic heterocycles. The van der Waals surface area contributed by atoms with E-state index in [9.17, 15) is 4.79 Å². The van der Waals surface area contributed by atoms with Crippen molar-refractivity contribution in [2.75, 3.05) is 0 Å². The molecule has 0 radical (unpaired) electrons. The van der Waals surface area contributed by atoms with E-state index in [0.717, 1.165) is 11.1 Å². The first-order valence-corrected chi connectivity index (χ1v) is 7.44. The molecule has 3 aromatic rings. The van der Waals surface area contributed by atoms with Crippen molar-refractivity contribution in [2.24, 2.45) is 0 Å². The summed E-state index contributed by atoms with van der Waals surface area (Å²) in [6.45, 7) is 2.39. The highest BCUT2D eigenvalue weighted by Crippen LogP contribution is 2.26. The van der Waals surface area contributed by atoms with Gasteiger partial charge in [0, 0.05) is 6.54 Å². The second-order valence-electron chi connectivity index (χ2n) is 5.00. The van der Waals surface area contributed by atoms with Crippen LogP contribution >= 0.6 is 11.6 Å². The zero-order valence-electron chi connectivity index (χ0n) is 12.4. The van der Waals surface area contributed by atoms with Crippen LogP contribution in [0.5, 0.6) is 0 Å². The van der Waals surface area contributed by atoms with Crippen LogP contribution in [0.4, 0.5) is 0 Å². The summed E-state index contributed by atoms with van der Waals surface area (Å²) in [5, 5.41) is 10.9. The average Bonchev–Trinajstić information content (AvgIpc) is 3.04. The second-order valence-corrected chi connectivity index (χ2v) is 5.41. The molecule has 1 amide bonds. The Balaban J connectivity index is 1.72. The number of nitrogens with zero attached hydrogens (tertiary/aromatic N) is 2. The van der Waals surface area contributed by atoms with E-state index < -0.39 is 5.91 Å². The summed E-state index contributed by atoms with van der Waals surface area (Å²) < 4.78 is 5.41. The molecule has 5 nitrogen and oxygen atoms in total. The molecule has 6 heteroatoms. The van der Waals surface area contributed by atoms with Crippen LogP contribution in [0.3, 0.4) is 0 Å². The van der Waals surface area contributed by atoms with Crippen LogP contribution in [0.15, 0.2) is 52.9 Å². The van der Waals surface area contributed by atoms with E-state index in [1.54, 1.807) is 18.2 Å². The number of aromatic nitrogens is 2. The third-order valence-corrected chi connectivity index (χ3v) is 3.75. The maximum atomic E-state index is 12.1. The molecular formula is C17H14ClN3O2. The highest BCUT2D eigenvalue weighted by atomic mass is 35.5. The fraction of sp³-hybridized carbons (Fsp3) is 0.118. The van der Waals surface area contributed by atoms with Crippen LogP contribution < -0.4 is 5.32 Å². The number of hydrogen-bond donors (Lipinski definition) is 1. The van der Waals surface area contributed by atoms with Crippen molar-refractivity contribution in [2.45, 2.75) is 13.5 Å². The van der Waals surface area contributed by atoms with E-state index in [1.807, 2.05) is 37.3 Å². The van der Waals surface area contributed by atoms with E-state index in [4.69, 9.17) is 16.0 Å². The van der Waals surface area contributed by atoms with Gasteiger partial charge in [-0.2, -0.15) is 0 Å². The van der Waals surface area contributed by atoms with Crippen LogP contribution in [-0.4, -0.2) is 16.1 Å². The molecule has 2 aromatic carbocycles. The molecule has 0 fully saturated rings. The lowest BCUT2D eigenvalue weighted by molar-refractivity contribution is 0.0917. The van der Waals surface area contributed by atoms with Gasteiger partial charge >= 0.3 is 11.8 Å². The van der Waals surface area contributed by atoms with E-state index in [1.165, 1.54) is 0 Å². The number of aryl methyl sites for hydroxylation is 1. The lowest BCUT2D eigenvalue weighted by atomic mass is 10.1. The summed E-state index contributed by atoms with van der Waals surface area (Å²) in [6, 6.07) is 14.9. The van der Waals surface area contributed by atoms with Crippen molar-refractivity contribution < 1.29 is 9.21 Å². The van der Waals surface area contributed by atoms with Gasteiger partial charge in [-0.05, 0) is 30.2 Å². The molecule has 0 spiro atoms. The summed E-state index contributed by atoms with van der Waals surface area (Å²) in [4.78, 5) is 12.1. The molecule has 116 valence electrons. The molecule has 0 saturated carbocycles. The number of amides is 1. The quantitative estimate of drug-likeness (QED) is 0.794. The molecule has 1 N–H and O–H groups in total. The van der Waals surface area contributed by atoms with Gasteiger partial charge in [-0.1, -0.05) is 48.0 Å². The lowest BCUT2D eigenvalue weighted by Crippen LogP contribution is -2.23. The molecule has 0 unspecified atom stereocenters. The Morgan fingerprint density at radius 3 is 2.65 bits per heavy atom. The normalized spacial score (nSPS) is 10.5. The number of benzene rings is 2. The minimum Gasteiger partial charge on any atom is -0.412 e. The van der Waals surface area contributed by atoms with Crippen molar-refractivity contribution in [1.29, 1.82) is 0 Å². The van der Waals surface area contributed by atoms with E-state index >= 15 is 0 Å². The van der Waals surface area contributed by atoms with Gasteiger partial charge in [-0.25, -0.2) is 0 Å². The van der Waals surface area contributed by atoms with Gasteiger partial charge in [0.2, 0.25) is 5.89 Å². The third kappa shape index (κ3) is 3.40. The van der Waals surface area contributed by atoms with Crippen molar-refractivity contribution in [3.05, 3.63) is 70.6 Å². The van der Waals surface area contributed by atoms with Gasteiger partial charge in [0.15, 0.2) is 0 Å². The number of hydrogen-bond acceptors (Lipinski definition) is 4. The summed E-state index contributed by atoms with van der Waals surface area (Å²) >= 11 is 6.08. The van der Waals surface area contributed by atoms with Crippen molar-refractivity contribution in [3.63, 3.8) is 0 Å². The predicted octanol–water partition coefficient (Wildman–Crippen LogP) is 3.63. The molecule has 0 aliphatic heterocycles. The first-order chi connectivity index (χ1) is 11.1. The van der Waals surface area contributed by atoms with Gasteiger partial charge in [0.05, 0.1) is 10.6 Å². The molecule has 0 saturated heterocycles. The van der Waals surface area contributed by atoms with Crippen LogP contribution in [0.25, 0.3) is 11.5 Å². The van der Waals surface area contributed by atoms with Crippen molar-refractivity contribution in [1.82, 2.24) is 15.5 Å². The third-order valence-electron chi connectivity index (χ3n) is 3.42. The number of carbonyl (C=O) groups excluding carboxylic acids is 1. The van der Waals surface area contributed by atoms with E-state index in [-0.39, 0.29) is 11.8 Å². The van der Waals surface area contributed by atoms with Gasteiger partial charge in [-0.15, -0.1) is 10.2 Å². The van der Waals surface area contributed by atoms with E-state index in [0.29, 0.717) is 17.1 Å². The Morgan fingerprint density at radius 1 is 1.13 bits per heavy atom. The lowest BCUT2D eigenvalue weighted by Gasteiger charge is -2.05. The molecule has 0 aliphatic rings. The molecule has 0 aliphatic carbocycles. The topological polar surface area (TPSA) is 68.0 Å². The second kappa shape index (κ2) is 6.62. The molecule has 1 heterocycles. The van der Waals surface area contributed by atoms with Gasteiger partial charge in [-0.3, -0.25) is 4.79 Å². The fourth-order valence-electron chi connectivity index (χ4n) is 2.12. The van der Waals surface area contributed by atoms with Gasteiger partial charge in [0.1, 0.15) is 0 Å². The SMILES string of the molecule is Cc1ccccc1CNC(=O)c1nnc(-c2ccccc2Cl)o1. The standard InChI is InChI=1S/C17H14ClN3O2/c1-11-6-2-3-7-12(11)10-19-15(22)17-21-20-16(23-17)13-8-4-5-9-14(13)18/h2-9H,10H2,1H3,(H,19,22). The maximum absolute atomic E-state index is 12.1. The summed E-state index contributed by atoms with van der Waals surface area (Å²) in [7, 11) is 0. The Labute approximate surface area is 138 Å². The maximum Gasteiger partial charge on any atom is 0.309 e. The number of carbonyl (C=O) groups is 1. The Hall–Kier alpha value is -2.66. The number of rotatable bonds is 4. The highest BCUT2D eigenvalue weighted by molar-refractivity contribution is 6.33. The largest absolute Gasteiger partial charge is 0.412 e. The van der Waals surface area contributed by atoms with Crippen LogP contribution in [0, 0.1) is 6.92 Å². The monoisotopic (exact) mass is 327 g/mol. The summed E-state index contributed by atoms with van der Waals surface area (Å²) in [6.07, 6.45) is 0. The highest BCUT2D eigenvalue weighted by Gasteiger charge is 2.17. The molecular weight excluding hydrogens is 314 g/mol. The zero-order valence-corrected chi connectivity index (χ0v) is 13.2. The smallest absolute Gasteiger partial charge is 0.309 e. The Bertz CT molecular complexity index is 845. The average molecular weight is 328 g/mol. The minimum atomic E-state index is -0.418. The van der Waals surface area contributed by atoms with Gasteiger partial charge in [0.25, 0.3) is 0 Å². The van der Waals surface area contributed by atoms with Crippen LogP contribution in [0.1, 0.15) is 21.8 Å². The molecule has 0 atom stereocenters. The van der Waals surface area contributed by atoms with Crippen molar-refractivity contribution >= 4 is 17.5 Å². The zero-order chi connectivity index (χ0) is 16.2.